The first-order valence-corrected chi connectivity index (χ1v) is 8.69. The summed E-state index contributed by atoms with van der Waals surface area (Å²) >= 11 is 0. The molecule has 1 atom stereocenters. The molecule has 134 valence electrons. The van der Waals surface area contributed by atoms with Gasteiger partial charge in [0.2, 0.25) is 0 Å². The van der Waals surface area contributed by atoms with Crippen molar-refractivity contribution in [2.24, 2.45) is 5.92 Å². The molecule has 1 aromatic rings. The predicted octanol–water partition coefficient (Wildman–Crippen LogP) is 3.26. The number of rotatable bonds is 6. The van der Waals surface area contributed by atoms with Crippen LogP contribution in [0.1, 0.15) is 45.7 Å². The molecule has 2 rings (SSSR count). The average Bonchev–Trinajstić information content (AvgIpc) is 2.91. The number of hydrogen-bond acceptors (Lipinski definition) is 4. The van der Waals surface area contributed by atoms with Crippen molar-refractivity contribution in [3.05, 3.63) is 29.3 Å². The Balaban J connectivity index is 1.82. The van der Waals surface area contributed by atoms with E-state index in [-0.39, 0.29) is 12.1 Å². The number of carbonyl (C=O) groups is 1. The van der Waals surface area contributed by atoms with Gasteiger partial charge in [-0.15, -0.1) is 0 Å². The van der Waals surface area contributed by atoms with E-state index in [1.165, 1.54) is 11.1 Å². The summed E-state index contributed by atoms with van der Waals surface area (Å²) < 4.78 is 10.9. The van der Waals surface area contributed by atoms with Crippen LogP contribution in [0.25, 0.3) is 0 Å². The van der Waals surface area contributed by atoms with Crippen molar-refractivity contribution in [3.63, 3.8) is 0 Å². The lowest BCUT2D eigenvalue weighted by Gasteiger charge is -2.26. The van der Waals surface area contributed by atoms with Crippen molar-refractivity contribution >= 4 is 6.09 Å². The molecular weight excluding hydrogens is 304 g/mol. The monoisotopic (exact) mass is 334 g/mol. The highest BCUT2D eigenvalue weighted by molar-refractivity contribution is 5.68. The van der Waals surface area contributed by atoms with Crippen LogP contribution in [0.3, 0.4) is 0 Å². The third kappa shape index (κ3) is 5.71. The Morgan fingerprint density at radius 3 is 2.75 bits per heavy atom. The van der Waals surface area contributed by atoms with Crippen molar-refractivity contribution in [1.29, 1.82) is 0 Å². The Morgan fingerprint density at radius 2 is 2.08 bits per heavy atom. The zero-order valence-corrected chi connectivity index (χ0v) is 15.4. The van der Waals surface area contributed by atoms with Gasteiger partial charge < -0.3 is 20.1 Å². The molecular formula is C19H30N2O3. The van der Waals surface area contributed by atoms with Crippen LogP contribution in [0.4, 0.5) is 4.79 Å². The summed E-state index contributed by atoms with van der Waals surface area (Å²) in [5.74, 6) is 1.32. The Hall–Kier alpha value is -1.75. The minimum atomic E-state index is -0.481. The van der Waals surface area contributed by atoms with Gasteiger partial charge in [0.25, 0.3) is 0 Å². The SMILES string of the molecule is CC(C)C(CNCc1ccc2c(c1)CCO2)NC(=O)OC(C)(C)C. The Bertz CT molecular complexity index is 564. The van der Waals surface area contributed by atoms with Crippen LogP contribution in [-0.2, 0) is 17.7 Å². The van der Waals surface area contributed by atoms with E-state index < -0.39 is 5.60 Å². The summed E-state index contributed by atoms with van der Waals surface area (Å²) in [6.45, 7) is 12.0. The molecule has 5 nitrogen and oxygen atoms in total. The van der Waals surface area contributed by atoms with Gasteiger partial charge in [0.1, 0.15) is 11.4 Å². The number of carbonyl (C=O) groups excluding carboxylic acids is 1. The van der Waals surface area contributed by atoms with Gasteiger partial charge >= 0.3 is 6.09 Å². The molecule has 0 saturated heterocycles. The summed E-state index contributed by atoms with van der Waals surface area (Å²) in [6, 6.07) is 6.35. The Morgan fingerprint density at radius 1 is 1.33 bits per heavy atom. The lowest BCUT2D eigenvalue weighted by atomic mass is 10.0. The van der Waals surface area contributed by atoms with Crippen LogP contribution in [0, 0.1) is 5.92 Å². The van der Waals surface area contributed by atoms with E-state index in [9.17, 15) is 4.79 Å². The summed E-state index contributed by atoms with van der Waals surface area (Å²) in [5.41, 5.74) is 2.03. The number of nitrogens with one attached hydrogen (secondary N) is 2. The zero-order chi connectivity index (χ0) is 17.7. The molecule has 0 fully saturated rings. The molecule has 1 aliphatic heterocycles. The largest absolute Gasteiger partial charge is 0.493 e. The van der Waals surface area contributed by atoms with E-state index in [0.717, 1.165) is 25.3 Å². The van der Waals surface area contributed by atoms with E-state index in [2.05, 4.69) is 36.6 Å². The van der Waals surface area contributed by atoms with E-state index in [1.807, 2.05) is 26.8 Å². The van der Waals surface area contributed by atoms with Crippen LogP contribution < -0.4 is 15.4 Å². The van der Waals surface area contributed by atoms with Gasteiger partial charge in [-0.2, -0.15) is 0 Å². The minimum Gasteiger partial charge on any atom is -0.493 e. The highest BCUT2D eigenvalue weighted by atomic mass is 16.6. The number of hydrogen-bond donors (Lipinski definition) is 2. The summed E-state index contributed by atoms with van der Waals surface area (Å²) in [5, 5.41) is 6.39. The summed E-state index contributed by atoms with van der Waals surface area (Å²) in [7, 11) is 0. The van der Waals surface area contributed by atoms with Crippen molar-refractivity contribution in [1.82, 2.24) is 10.6 Å². The first kappa shape index (κ1) is 18.6. The second-order valence-corrected chi connectivity index (χ2v) is 7.67. The van der Waals surface area contributed by atoms with E-state index in [0.29, 0.717) is 12.5 Å². The van der Waals surface area contributed by atoms with Crippen LogP contribution in [0.2, 0.25) is 0 Å². The van der Waals surface area contributed by atoms with Gasteiger partial charge in [0.15, 0.2) is 0 Å². The van der Waals surface area contributed by atoms with Crippen LogP contribution in [-0.4, -0.2) is 30.9 Å². The second kappa shape index (κ2) is 7.88. The predicted molar refractivity (Wildman–Crippen MR) is 95.3 cm³/mol. The van der Waals surface area contributed by atoms with E-state index in [1.54, 1.807) is 0 Å². The number of alkyl carbamates (subject to hydrolysis) is 1. The molecule has 1 unspecified atom stereocenters. The third-order valence-electron chi connectivity index (χ3n) is 3.95. The summed E-state index contributed by atoms with van der Waals surface area (Å²) in [4.78, 5) is 12.0. The molecule has 1 amide bonds. The van der Waals surface area contributed by atoms with Crippen molar-refractivity contribution in [3.8, 4) is 5.75 Å². The second-order valence-electron chi connectivity index (χ2n) is 7.67. The molecule has 0 radical (unpaired) electrons. The van der Waals surface area contributed by atoms with Crippen LogP contribution in [0.5, 0.6) is 5.75 Å². The van der Waals surface area contributed by atoms with Crippen LogP contribution in [0.15, 0.2) is 18.2 Å². The first-order valence-electron chi connectivity index (χ1n) is 8.69. The van der Waals surface area contributed by atoms with E-state index >= 15 is 0 Å². The maximum Gasteiger partial charge on any atom is 0.407 e. The van der Waals surface area contributed by atoms with Crippen molar-refractivity contribution < 1.29 is 14.3 Å². The molecule has 1 heterocycles. The number of amides is 1. The molecule has 24 heavy (non-hydrogen) atoms. The fraction of sp³-hybridized carbons (Fsp3) is 0.632. The molecule has 0 spiro atoms. The fourth-order valence-corrected chi connectivity index (χ4v) is 2.63. The average molecular weight is 334 g/mol. The highest BCUT2D eigenvalue weighted by Crippen LogP contribution is 2.25. The molecule has 0 aliphatic carbocycles. The maximum absolute atomic E-state index is 12.0. The summed E-state index contributed by atoms with van der Waals surface area (Å²) in [6.07, 6.45) is 0.621. The van der Waals surface area contributed by atoms with Gasteiger partial charge in [-0.3, -0.25) is 0 Å². The molecule has 1 aliphatic rings. The van der Waals surface area contributed by atoms with Crippen LogP contribution >= 0.6 is 0 Å². The lowest BCUT2D eigenvalue weighted by molar-refractivity contribution is 0.0490. The normalized spacial score (nSPS) is 14.9. The van der Waals surface area contributed by atoms with Gasteiger partial charge in [-0.1, -0.05) is 26.0 Å². The maximum atomic E-state index is 12.0. The molecule has 0 bridgehead atoms. The van der Waals surface area contributed by atoms with Crippen molar-refractivity contribution in [2.75, 3.05) is 13.2 Å². The number of fused-ring (bicyclic) bond motifs is 1. The lowest BCUT2D eigenvalue weighted by Crippen LogP contribution is -2.46. The Labute approximate surface area is 145 Å². The van der Waals surface area contributed by atoms with Gasteiger partial charge in [-0.05, 0) is 43.9 Å². The molecule has 0 aromatic heterocycles. The fourth-order valence-electron chi connectivity index (χ4n) is 2.63. The van der Waals surface area contributed by atoms with Gasteiger partial charge in [0, 0.05) is 25.6 Å². The third-order valence-corrected chi connectivity index (χ3v) is 3.95. The standard InChI is InChI=1S/C19H30N2O3/c1-13(2)16(21-18(22)24-19(3,4)5)12-20-11-14-6-7-17-15(10-14)8-9-23-17/h6-7,10,13,16,20H,8-9,11-12H2,1-5H3,(H,21,22). The van der Waals surface area contributed by atoms with Gasteiger partial charge in [0.05, 0.1) is 6.61 Å². The van der Waals surface area contributed by atoms with Crippen molar-refractivity contribution in [2.45, 2.75) is 59.2 Å². The Kier molecular flexibility index (Phi) is 6.10. The number of ether oxygens (including phenoxy) is 2. The minimum absolute atomic E-state index is 0.0256. The smallest absolute Gasteiger partial charge is 0.407 e. The number of benzene rings is 1. The quantitative estimate of drug-likeness (QED) is 0.838. The molecule has 5 heteroatoms. The highest BCUT2D eigenvalue weighted by Gasteiger charge is 2.21. The van der Waals surface area contributed by atoms with E-state index in [4.69, 9.17) is 9.47 Å². The molecule has 1 aromatic carbocycles. The topological polar surface area (TPSA) is 59.6 Å². The zero-order valence-electron chi connectivity index (χ0n) is 15.4. The van der Waals surface area contributed by atoms with Gasteiger partial charge in [-0.25, -0.2) is 4.79 Å². The molecule has 2 N–H and O–H groups in total. The molecule has 0 saturated carbocycles. The first-order chi connectivity index (χ1) is 11.2.